The largest absolute Gasteiger partial charge is 0.481 e. The molecule has 11 heteroatoms. The molecule has 0 aromatic heterocycles. The number of halogens is 1. The molecule has 1 aliphatic rings. The second-order valence-corrected chi connectivity index (χ2v) is 9.73. The lowest BCUT2D eigenvalue weighted by Crippen LogP contribution is -2.49. The number of carbonyl (C=O) groups excluding carboxylic acids is 1. The molecule has 0 radical (unpaired) electrons. The molecular formula is C23H22ClN3O6S. The van der Waals surface area contributed by atoms with E-state index < -0.39 is 15.0 Å². The first kappa shape index (κ1) is 24.1. The fraction of sp³-hybridized carbons (Fsp3) is 0.261. The van der Waals surface area contributed by atoms with Crippen molar-refractivity contribution in [3.8, 4) is 5.75 Å². The Morgan fingerprint density at radius 3 is 2.29 bits per heavy atom. The highest BCUT2D eigenvalue weighted by Gasteiger charge is 2.24. The zero-order valence-electron chi connectivity index (χ0n) is 18.1. The van der Waals surface area contributed by atoms with Crippen molar-refractivity contribution in [1.29, 1.82) is 0 Å². The van der Waals surface area contributed by atoms with Crippen molar-refractivity contribution in [2.45, 2.75) is 11.4 Å². The minimum Gasteiger partial charge on any atom is -0.481 e. The molecule has 9 nitrogen and oxygen atoms in total. The van der Waals surface area contributed by atoms with E-state index in [1.807, 2.05) is 24.3 Å². The third-order valence-corrected chi connectivity index (χ3v) is 6.84. The van der Waals surface area contributed by atoms with Crippen molar-refractivity contribution in [2.75, 3.05) is 32.8 Å². The number of nitroso groups, excluding NO2 is 1. The monoisotopic (exact) mass is 503 g/mol. The zero-order chi connectivity index (χ0) is 24.3. The van der Waals surface area contributed by atoms with Gasteiger partial charge < -0.3 is 9.64 Å². The summed E-state index contributed by atoms with van der Waals surface area (Å²) in [6, 6.07) is 14.8. The summed E-state index contributed by atoms with van der Waals surface area (Å²) in [5, 5.41) is 3.96. The molecule has 1 aliphatic heterocycles. The van der Waals surface area contributed by atoms with E-state index in [4.69, 9.17) is 16.3 Å². The smallest absolute Gasteiger partial charge is 0.295 e. The molecule has 1 heterocycles. The highest BCUT2D eigenvalue weighted by atomic mass is 35.5. The van der Waals surface area contributed by atoms with Gasteiger partial charge in [-0.15, -0.1) is 4.91 Å². The SMILES string of the molecule is O=Nc1cc(S(=O)(=O)O)c2ccccc2c1OCC(=O)N1CCN(Cc2ccc(Cl)cc2)CC1. The first-order valence-electron chi connectivity index (χ1n) is 10.5. The number of benzene rings is 3. The van der Waals surface area contributed by atoms with Gasteiger partial charge in [-0.25, -0.2) is 0 Å². The Balaban J connectivity index is 1.43. The Hall–Kier alpha value is -3.05. The van der Waals surface area contributed by atoms with Crippen LogP contribution >= 0.6 is 11.6 Å². The Labute approximate surface area is 201 Å². The van der Waals surface area contributed by atoms with Crippen LogP contribution in [0.1, 0.15) is 5.56 Å². The van der Waals surface area contributed by atoms with Gasteiger partial charge in [0.25, 0.3) is 16.0 Å². The third kappa shape index (κ3) is 5.36. The van der Waals surface area contributed by atoms with E-state index in [1.165, 1.54) is 12.1 Å². The van der Waals surface area contributed by atoms with Crippen LogP contribution in [-0.2, 0) is 21.5 Å². The van der Waals surface area contributed by atoms with E-state index in [0.29, 0.717) is 31.2 Å². The molecule has 1 N–H and O–H groups in total. The van der Waals surface area contributed by atoms with Crippen LogP contribution in [0.3, 0.4) is 0 Å². The second kappa shape index (κ2) is 10.1. The number of amides is 1. The number of nitrogens with zero attached hydrogens (tertiary/aromatic N) is 3. The second-order valence-electron chi connectivity index (χ2n) is 7.91. The summed E-state index contributed by atoms with van der Waals surface area (Å²) in [4.78, 5) is 27.6. The normalized spacial score (nSPS) is 14.8. The van der Waals surface area contributed by atoms with Crippen LogP contribution in [0.4, 0.5) is 5.69 Å². The molecule has 1 fully saturated rings. The van der Waals surface area contributed by atoms with Crippen molar-refractivity contribution in [3.63, 3.8) is 0 Å². The Kier molecular flexibility index (Phi) is 7.13. The topological polar surface area (TPSA) is 117 Å². The van der Waals surface area contributed by atoms with Crippen LogP contribution in [-0.4, -0.2) is 61.5 Å². The lowest BCUT2D eigenvalue weighted by Gasteiger charge is -2.34. The maximum Gasteiger partial charge on any atom is 0.295 e. The Morgan fingerprint density at radius 1 is 1.03 bits per heavy atom. The number of fused-ring (bicyclic) bond motifs is 1. The van der Waals surface area contributed by atoms with Gasteiger partial charge in [0.1, 0.15) is 4.90 Å². The highest BCUT2D eigenvalue weighted by molar-refractivity contribution is 7.86. The molecule has 0 atom stereocenters. The van der Waals surface area contributed by atoms with E-state index in [0.717, 1.165) is 18.2 Å². The van der Waals surface area contributed by atoms with Crippen LogP contribution in [0, 0.1) is 4.91 Å². The molecule has 3 aromatic rings. The molecule has 34 heavy (non-hydrogen) atoms. The maximum absolute atomic E-state index is 12.8. The van der Waals surface area contributed by atoms with E-state index in [2.05, 4.69) is 10.1 Å². The van der Waals surface area contributed by atoms with Gasteiger partial charge in [-0.1, -0.05) is 48.0 Å². The summed E-state index contributed by atoms with van der Waals surface area (Å²) in [6.45, 7) is 2.86. The minimum atomic E-state index is -4.60. The molecule has 0 aliphatic carbocycles. The summed E-state index contributed by atoms with van der Waals surface area (Å²) in [5.74, 6) is -0.265. The van der Waals surface area contributed by atoms with Crippen LogP contribution in [0.15, 0.2) is 64.7 Å². The summed E-state index contributed by atoms with van der Waals surface area (Å²) >= 11 is 5.93. The number of hydrogen-bond donors (Lipinski definition) is 1. The minimum absolute atomic E-state index is 0.00674. The standard InChI is InChI=1S/C23H22ClN3O6S/c24-17-7-5-16(6-8-17)14-26-9-11-27(12-10-26)22(28)15-33-23-19-4-2-1-3-18(19)21(34(30,31)32)13-20(23)25-29/h1-8,13H,9-12,14-15H2,(H,30,31,32). The van der Waals surface area contributed by atoms with Crippen molar-refractivity contribution < 1.29 is 22.5 Å². The Bertz CT molecular complexity index is 1320. The molecule has 0 bridgehead atoms. The van der Waals surface area contributed by atoms with Gasteiger partial charge in [-0.05, 0) is 28.9 Å². The molecule has 1 amide bonds. The number of piperazine rings is 1. The van der Waals surface area contributed by atoms with Crippen LogP contribution in [0.2, 0.25) is 5.02 Å². The number of carbonyl (C=O) groups is 1. The lowest BCUT2D eigenvalue weighted by atomic mass is 10.1. The van der Waals surface area contributed by atoms with Crippen molar-refractivity contribution in [1.82, 2.24) is 9.80 Å². The summed E-state index contributed by atoms with van der Waals surface area (Å²) < 4.78 is 38.7. The average Bonchev–Trinajstić information content (AvgIpc) is 2.83. The number of ether oxygens (including phenoxy) is 1. The third-order valence-electron chi connectivity index (χ3n) is 5.70. The van der Waals surface area contributed by atoms with E-state index in [-0.39, 0.29) is 34.7 Å². The quantitative estimate of drug-likeness (QED) is 0.384. The predicted molar refractivity (Wildman–Crippen MR) is 128 cm³/mol. The van der Waals surface area contributed by atoms with Gasteiger partial charge in [0.15, 0.2) is 18.0 Å². The molecule has 1 saturated heterocycles. The summed E-state index contributed by atoms with van der Waals surface area (Å²) in [7, 11) is -4.60. The van der Waals surface area contributed by atoms with Crippen LogP contribution in [0.25, 0.3) is 10.8 Å². The molecule has 0 spiro atoms. The van der Waals surface area contributed by atoms with Gasteiger partial charge in [0.2, 0.25) is 0 Å². The first-order chi connectivity index (χ1) is 16.3. The maximum atomic E-state index is 12.8. The van der Waals surface area contributed by atoms with Gasteiger partial charge in [-0.2, -0.15) is 8.42 Å². The van der Waals surface area contributed by atoms with Crippen LogP contribution < -0.4 is 4.74 Å². The van der Waals surface area contributed by atoms with Gasteiger partial charge in [0, 0.05) is 48.5 Å². The van der Waals surface area contributed by atoms with Gasteiger partial charge in [0.05, 0.1) is 0 Å². The van der Waals surface area contributed by atoms with E-state index >= 15 is 0 Å². The van der Waals surface area contributed by atoms with E-state index in [1.54, 1.807) is 17.0 Å². The predicted octanol–water partition coefficient (Wildman–Crippen LogP) is 3.86. The molecule has 3 aromatic carbocycles. The van der Waals surface area contributed by atoms with E-state index in [9.17, 15) is 22.7 Å². The summed E-state index contributed by atoms with van der Waals surface area (Å²) in [6.07, 6.45) is 0. The number of hydrogen-bond acceptors (Lipinski definition) is 7. The molecule has 0 saturated carbocycles. The lowest BCUT2D eigenvalue weighted by molar-refractivity contribution is -0.135. The fourth-order valence-electron chi connectivity index (χ4n) is 3.96. The summed E-state index contributed by atoms with van der Waals surface area (Å²) in [5.41, 5.74) is 0.827. The molecule has 4 rings (SSSR count). The highest BCUT2D eigenvalue weighted by Crippen LogP contribution is 2.39. The molecule has 178 valence electrons. The van der Waals surface area contributed by atoms with Crippen molar-refractivity contribution in [2.24, 2.45) is 5.18 Å². The molecule has 0 unspecified atom stereocenters. The Morgan fingerprint density at radius 2 is 1.68 bits per heavy atom. The van der Waals surface area contributed by atoms with Crippen molar-refractivity contribution in [3.05, 3.63) is 70.1 Å². The average molecular weight is 504 g/mol. The van der Waals surface area contributed by atoms with Gasteiger partial charge in [-0.3, -0.25) is 14.2 Å². The molecular weight excluding hydrogens is 482 g/mol. The fourth-order valence-corrected chi connectivity index (χ4v) is 4.81. The van der Waals surface area contributed by atoms with Gasteiger partial charge >= 0.3 is 0 Å². The van der Waals surface area contributed by atoms with Crippen molar-refractivity contribution >= 4 is 44.1 Å². The first-order valence-corrected chi connectivity index (χ1v) is 12.3. The van der Waals surface area contributed by atoms with Crippen LogP contribution in [0.5, 0.6) is 5.75 Å². The number of rotatable bonds is 7. The zero-order valence-corrected chi connectivity index (χ0v) is 19.6.